The Hall–Kier alpha value is -3.48. The first-order chi connectivity index (χ1) is 13.9. The molecule has 1 fully saturated rings. The molecule has 0 aromatic heterocycles. The Bertz CT molecular complexity index is 952. The van der Waals surface area contributed by atoms with E-state index in [0.29, 0.717) is 24.2 Å². The van der Waals surface area contributed by atoms with Crippen LogP contribution in [0.2, 0.25) is 0 Å². The minimum Gasteiger partial charge on any atom is -0.449 e. The number of Topliss-reactive ketones (excluding diaryl/α,β-unsaturated/α-hetero) is 1. The molecule has 1 aliphatic heterocycles. The maximum absolute atomic E-state index is 12.4. The molecule has 7 heteroatoms. The number of hydrogen-bond acceptors (Lipinski definition) is 5. The highest BCUT2D eigenvalue weighted by atomic mass is 16.5. The third-order valence-corrected chi connectivity index (χ3v) is 4.71. The molecule has 2 aromatic carbocycles. The zero-order valence-corrected chi connectivity index (χ0v) is 16.3. The molecular weight excluding hydrogens is 372 g/mol. The fourth-order valence-electron chi connectivity index (χ4n) is 3.11. The molecule has 1 heterocycles. The van der Waals surface area contributed by atoms with Gasteiger partial charge in [-0.2, -0.15) is 0 Å². The lowest BCUT2D eigenvalue weighted by molar-refractivity contribution is -0.123. The first-order valence-electron chi connectivity index (χ1n) is 9.39. The molecule has 1 aliphatic rings. The van der Waals surface area contributed by atoms with Crippen LogP contribution in [0.5, 0.6) is 0 Å². The summed E-state index contributed by atoms with van der Waals surface area (Å²) < 4.78 is 5.24. The molecule has 0 aliphatic carbocycles. The number of hydrogen-bond donors (Lipinski definition) is 1. The van der Waals surface area contributed by atoms with Crippen molar-refractivity contribution < 1.29 is 23.9 Å². The molecule has 150 valence electrons. The fraction of sp³-hybridized carbons (Fsp3) is 0.273. The molecule has 2 aromatic rings. The smallest absolute Gasteiger partial charge is 0.338 e. The van der Waals surface area contributed by atoms with E-state index in [1.54, 1.807) is 53.4 Å². The standard InChI is InChI=1S/C22H22N2O5/c1-14(25)18-6-3-4-7-19(18)23-21(27)15(2)29-22(28)16-9-11-17(12-10-16)24-13-5-8-20(24)26/h3-4,6-7,9-12,15H,5,8,13H2,1-2H3,(H,23,27)/t15-/m1/s1. The number of rotatable bonds is 6. The van der Waals surface area contributed by atoms with Gasteiger partial charge in [-0.05, 0) is 56.7 Å². The highest BCUT2D eigenvalue weighted by Gasteiger charge is 2.23. The number of amides is 2. The Morgan fingerprint density at radius 2 is 1.76 bits per heavy atom. The monoisotopic (exact) mass is 394 g/mol. The van der Waals surface area contributed by atoms with Gasteiger partial charge in [0.2, 0.25) is 5.91 Å². The molecule has 1 saturated heterocycles. The minimum atomic E-state index is -1.05. The van der Waals surface area contributed by atoms with Crippen LogP contribution in [-0.4, -0.2) is 36.2 Å². The van der Waals surface area contributed by atoms with Crippen molar-refractivity contribution in [1.29, 1.82) is 0 Å². The average molecular weight is 394 g/mol. The summed E-state index contributed by atoms with van der Waals surface area (Å²) in [5.41, 5.74) is 1.76. The first-order valence-corrected chi connectivity index (χ1v) is 9.39. The molecule has 0 radical (unpaired) electrons. The Morgan fingerprint density at radius 3 is 2.38 bits per heavy atom. The van der Waals surface area contributed by atoms with E-state index in [0.717, 1.165) is 12.1 Å². The van der Waals surface area contributed by atoms with Crippen LogP contribution >= 0.6 is 0 Å². The highest BCUT2D eigenvalue weighted by molar-refractivity contribution is 6.05. The van der Waals surface area contributed by atoms with Gasteiger partial charge in [-0.25, -0.2) is 4.79 Å². The zero-order chi connectivity index (χ0) is 21.0. The first kappa shape index (κ1) is 20.3. The summed E-state index contributed by atoms with van der Waals surface area (Å²) in [5, 5.41) is 2.62. The summed E-state index contributed by atoms with van der Waals surface area (Å²) in [6.45, 7) is 3.54. The van der Waals surface area contributed by atoms with E-state index in [4.69, 9.17) is 4.74 Å². The molecule has 29 heavy (non-hydrogen) atoms. The van der Waals surface area contributed by atoms with E-state index < -0.39 is 18.0 Å². The summed E-state index contributed by atoms with van der Waals surface area (Å²) in [6.07, 6.45) is 0.299. The van der Waals surface area contributed by atoms with Crippen molar-refractivity contribution in [2.24, 2.45) is 0 Å². The Balaban J connectivity index is 1.62. The van der Waals surface area contributed by atoms with Crippen LogP contribution in [0, 0.1) is 0 Å². The molecule has 0 saturated carbocycles. The zero-order valence-electron chi connectivity index (χ0n) is 16.3. The lowest BCUT2D eigenvalue weighted by Crippen LogP contribution is -2.30. The molecule has 0 spiro atoms. The molecule has 2 amide bonds. The molecule has 0 unspecified atom stereocenters. The van der Waals surface area contributed by atoms with Crippen molar-refractivity contribution in [1.82, 2.24) is 0 Å². The van der Waals surface area contributed by atoms with E-state index in [-0.39, 0.29) is 17.3 Å². The van der Waals surface area contributed by atoms with Gasteiger partial charge in [0.25, 0.3) is 5.91 Å². The number of carbonyl (C=O) groups excluding carboxylic acids is 4. The van der Waals surface area contributed by atoms with Crippen LogP contribution in [0.1, 0.15) is 47.4 Å². The van der Waals surface area contributed by atoms with Gasteiger partial charge >= 0.3 is 5.97 Å². The van der Waals surface area contributed by atoms with Crippen molar-refractivity contribution in [3.63, 3.8) is 0 Å². The predicted octanol–water partition coefficient (Wildman–Crippen LogP) is 3.20. The van der Waals surface area contributed by atoms with Crippen LogP contribution in [0.3, 0.4) is 0 Å². The molecule has 3 rings (SSSR count). The van der Waals surface area contributed by atoms with Crippen molar-refractivity contribution in [3.05, 3.63) is 59.7 Å². The number of anilines is 2. The van der Waals surface area contributed by atoms with Gasteiger partial charge in [0, 0.05) is 24.2 Å². The number of para-hydroxylation sites is 1. The SMILES string of the molecule is CC(=O)c1ccccc1NC(=O)[C@@H](C)OC(=O)c1ccc(N2CCCC2=O)cc1. The Morgan fingerprint density at radius 1 is 1.07 bits per heavy atom. The van der Waals surface area contributed by atoms with Crippen molar-refractivity contribution in [2.75, 3.05) is 16.8 Å². The highest BCUT2D eigenvalue weighted by Crippen LogP contribution is 2.22. The van der Waals surface area contributed by atoms with Gasteiger partial charge in [0.1, 0.15) is 0 Å². The molecule has 1 atom stereocenters. The fourth-order valence-corrected chi connectivity index (χ4v) is 3.11. The van der Waals surface area contributed by atoms with Gasteiger partial charge in [-0.3, -0.25) is 14.4 Å². The lowest BCUT2D eigenvalue weighted by atomic mass is 10.1. The molecule has 7 nitrogen and oxygen atoms in total. The molecule has 1 N–H and O–H groups in total. The van der Waals surface area contributed by atoms with Gasteiger partial charge < -0.3 is 15.0 Å². The lowest BCUT2D eigenvalue weighted by Gasteiger charge is -2.17. The number of benzene rings is 2. The third-order valence-electron chi connectivity index (χ3n) is 4.71. The molecule has 0 bridgehead atoms. The Labute approximate surface area is 168 Å². The second-order valence-corrected chi connectivity index (χ2v) is 6.83. The van der Waals surface area contributed by atoms with Gasteiger partial charge in [0.15, 0.2) is 11.9 Å². The van der Waals surface area contributed by atoms with Crippen LogP contribution in [0.15, 0.2) is 48.5 Å². The van der Waals surface area contributed by atoms with Gasteiger partial charge in [-0.15, -0.1) is 0 Å². The van der Waals surface area contributed by atoms with E-state index >= 15 is 0 Å². The maximum Gasteiger partial charge on any atom is 0.338 e. The normalized spacial score (nSPS) is 14.4. The van der Waals surface area contributed by atoms with Gasteiger partial charge in [0.05, 0.1) is 11.3 Å². The number of ether oxygens (including phenoxy) is 1. The van der Waals surface area contributed by atoms with Crippen molar-refractivity contribution in [3.8, 4) is 0 Å². The summed E-state index contributed by atoms with van der Waals surface area (Å²) in [6, 6.07) is 13.1. The van der Waals surface area contributed by atoms with E-state index in [1.807, 2.05) is 0 Å². The molecular formula is C22H22N2O5. The summed E-state index contributed by atoms with van der Waals surface area (Å²) in [5.74, 6) is -1.29. The number of nitrogens with zero attached hydrogens (tertiary/aromatic N) is 1. The average Bonchev–Trinajstić information content (AvgIpc) is 3.14. The van der Waals surface area contributed by atoms with E-state index in [9.17, 15) is 19.2 Å². The van der Waals surface area contributed by atoms with Crippen molar-refractivity contribution in [2.45, 2.75) is 32.8 Å². The largest absolute Gasteiger partial charge is 0.449 e. The third kappa shape index (κ3) is 4.68. The number of esters is 1. The summed E-state index contributed by atoms with van der Waals surface area (Å²) >= 11 is 0. The number of ketones is 1. The second kappa shape index (κ2) is 8.68. The minimum absolute atomic E-state index is 0.0662. The predicted molar refractivity (Wildman–Crippen MR) is 108 cm³/mol. The Kier molecular flexibility index (Phi) is 6.07. The maximum atomic E-state index is 12.4. The van der Waals surface area contributed by atoms with Crippen molar-refractivity contribution >= 4 is 34.9 Å². The van der Waals surface area contributed by atoms with Crippen LogP contribution in [0.4, 0.5) is 11.4 Å². The topological polar surface area (TPSA) is 92.8 Å². The number of carbonyl (C=O) groups is 4. The van der Waals surface area contributed by atoms with Gasteiger partial charge in [-0.1, -0.05) is 12.1 Å². The summed E-state index contributed by atoms with van der Waals surface area (Å²) in [4.78, 5) is 49.9. The summed E-state index contributed by atoms with van der Waals surface area (Å²) in [7, 11) is 0. The quantitative estimate of drug-likeness (QED) is 0.600. The van der Waals surface area contributed by atoms with Crippen LogP contribution < -0.4 is 10.2 Å². The van der Waals surface area contributed by atoms with Crippen LogP contribution in [-0.2, 0) is 14.3 Å². The number of nitrogens with one attached hydrogen (secondary N) is 1. The van der Waals surface area contributed by atoms with E-state index in [1.165, 1.54) is 13.8 Å². The second-order valence-electron chi connectivity index (χ2n) is 6.83. The van der Waals surface area contributed by atoms with E-state index in [2.05, 4.69) is 5.32 Å². The van der Waals surface area contributed by atoms with Crippen LogP contribution in [0.25, 0.3) is 0 Å².